The number of benzene rings is 1. The molecule has 0 aliphatic carbocycles. The number of carbonyl (C=O) groups is 1. The number of ketones is 1. The Bertz CT molecular complexity index is 565. The molecule has 2 aromatic rings. The molecule has 0 N–H and O–H groups in total. The predicted octanol–water partition coefficient (Wildman–Crippen LogP) is 3.39. The van der Waals surface area contributed by atoms with Gasteiger partial charge in [0, 0.05) is 6.42 Å². The SMILES string of the molecule is CC(=O)CCc1ccc(OCc2nc(C)c(C)o2)cc1. The van der Waals surface area contributed by atoms with Crippen LogP contribution in [0.15, 0.2) is 28.7 Å². The molecule has 0 atom stereocenters. The highest BCUT2D eigenvalue weighted by Gasteiger charge is 2.06. The van der Waals surface area contributed by atoms with Crippen LogP contribution in [-0.2, 0) is 17.8 Å². The summed E-state index contributed by atoms with van der Waals surface area (Å²) < 4.78 is 11.1. The van der Waals surface area contributed by atoms with E-state index in [0.29, 0.717) is 18.9 Å². The minimum atomic E-state index is 0.208. The molecule has 0 aliphatic heterocycles. The fourth-order valence-electron chi connectivity index (χ4n) is 1.82. The van der Waals surface area contributed by atoms with Gasteiger partial charge in [0.15, 0.2) is 6.61 Å². The van der Waals surface area contributed by atoms with Crippen LogP contribution in [0.2, 0.25) is 0 Å². The quantitative estimate of drug-likeness (QED) is 0.809. The number of aryl methyl sites for hydroxylation is 3. The van der Waals surface area contributed by atoms with Crippen LogP contribution >= 0.6 is 0 Å². The molecule has 2 rings (SSSR count). The molecule has 0 amide bonds. The summed E-state index contributed by atoms with van der Waals surface area (Å²) in [4.78, 5) is 15.2. The van der Waals surface area contributed by atoms with Gasteiger partial charge in [0.25, 0.3) is 0 Å². The van der Waals surface area contributed by atoms with Gasteiger partial charge in [-0.3, -0.25) is 0 Å². The number of nitrogens with zero attached hydrogens (tertiary/aromatic N) is 1. The third kappa shape index (κ3) is 3.95. The Kier molecular flexibility index (Phi) is 4.56. The molecule has 1 heterocycles. The summed E-state index contributed by atoms with van der Waals surface area (Å²) >= 11 is 0. The Morgan fingerprint density at radius 2 is 1.95 bits per heavy atom. The van der Waals surface area contributed by atoms with Crippen molar-refractivity contribution in [1.82, 2.24) is 4.98 Å². The van der Waals surface area contributed by atoms with Crippen LogP contribution in [0.4, 0.5) is 0 Å². The number of oxazole rings is 1. The van der Waals surface area contributed by atoms with Crippen LogP contribution in [0.1, 0.15) is 36.3 Å². The lowest BCUT2D eigenvalue weighted by Gasteiger charge is -2.05. The topological polar surface area (TPSA) is 52.3 Å². The van der Waals surface area contributed by atoms with E-state index in [1.54, 1.807) is 6.92 Å². The van der Waals surface area contributed by atoms with E-state index < -0.39 is 0 Å². The number of aromatic nitrogens is 1. The van der Waals surface area contributed by atoms with Gasteiger partial charge in [-0.05, 0) is 44.9 Å². The van der Waals surface area contributed by atoms with Gasteiger partial charge in [-0.1, -0.05) is 12.1 Å². The fourth-order valence-corrected chi connectivity index (χ4v) is 1.82. The molecule has 20 heavy (non-hydrogen) atoms. The monoisotopic (exact) mass is 273 g/mol. The third-order valence-corrected chi connectivity index (χ3v) is 3.12. The summed E-state index contributed by atoms with van der Waals surface area (Å²) in [6.45, 7) is 5.72. The number of ether oxygens (including phenoxy) is 1. The standard InChI is InChI=1S/C16H19NO3/c1-11(18)4-5-14-6-8-15(9-7-14)19-10-16-17-12(2)13(3)20-16/h6-9H,4-5,10H2,1-3H3. The van der Waals surface area contributed by atoms with E-state index >= 15 is 0 Å². The van der Waals surface area contributed by atoms with Crippen LogP contribution in [0, 0.1) is 13.8 Å². The van der Waals surface area contributed by atoms with Gasteiger partial charge in [-0.15, -0.1) is 0 Å². The van der Waals surface area contributed by atoms with Crippen LogP contribution in [0.25, 0.3) is 0 Å². The summed E-state index contributed by atoms with van der Waals surface area (Å²) in [5.74, 6) is 2.38. The van der Waals surface area contributed by atoms with Crippen molar-refractivity contribution >= 4 is 5.78 Å². The van der Waals surface area contributed by atoms with Gasteiger partial charge in [0.05, 0.1) is 5.69 Å². The third-order valence-electron chi connectivity index (χ3n) is 3.12. The molecule has 0 fully saturated rings. The van der Waals surface area contributed by atoms with Crippen molar-refractivity contribution in [1.29, 1.82) is 0 Å². The normalized spacial score (nSPS) is 10.6. The lowest BCUT2D eigenvalue weighted by Crippen LogP contribution is -1.97. The second-order valence-corrected chi connectivity index (χ2v) is 4.88. The van der Waals surface area contributed by atoms with Gasteiger partial charge < -0.3 is 13.9 Å². The van der Waals surface area contributed by atoms with Gasteiger partial charge in [-0.25, -0.2) is 4.98 Å². The Morgan fingerprint density at radius 1 is 1.25 bits per heavy atom. The smallest absolute Gasteiger partial charge is 0.232 e. The van der Waals surface area contributed by atoms with Crippen LogP contribution < -0.4 is 4.74 Å². The molecule has 1 aromatic heterocycles. The molecule has 4 heteroatoms. The van der Waals surface area contributed by atoms with Crippen molar-refractivity contribution in [2.24, 2.45) is 0 Å². The molecule has 106 valence electrons. The second-order valence-electron chi connectivity index (χ2n) is 4.88. The Labute approximate surface area is 118 Å². The fraction of sp³-hybridized carbons (Fsp3) is 0.375. The molecule has 4 nitrogen and oxygen atoms in total. The summed E-state index contributed by atoms with van der Waals surface area (Å²) in [7, 11) is 0. The van der Waals surface area contributed by atoms with Crippen LogP contribution in [0.5, 0.6) is 5.75 Å². The maximum absolute atomic E-state index is 10.9. The highest BCUT2D eigenvalue weighted by Crippen LogP contribution is 2.16. The highest BCUT2D eigenvalue weighted by molar-refractivity contribution is 5.75. The Hall–Kier alpha value is -2.10. The lowest BCUT2D eigenvalue weighted by atomic mass is 10.1. The van der Waals surface area contributed by atoms with Gasteiger partial charge in [-0.2, -0.15) is 0 Å². The van der Waals surface area contributed by atoms with Crippen LogP contribution in [0.3, 0.4) is 0 Å². The molecule has 0 saturated carbocycles. The van der Waals surface area contributed by atoms with Gasteiger partial charge >= 0.3 is 0 Å². The summed E-state index contributed by atoms with van der Waals surface area (Å²) in [6, 6.07) is 7.75. The zero-order valence-corrected chi connectivity index (χ0v) is 12.1. The average molecular weight is 273 g/mol. The zero-order valence-electron chi connectivity index (χ0n) is 12.1. The molecule has 0 radical (unpaired) electrons. The van der Waals surface area contributed by atoms with Gasteiger partial charge in [0.1, 0.15) is 17.3 Å². The van der Waals surface area contributed by atoms with E-state index in [-0.39, 0.29) is 5.78 Å². The van der Waals surface area contributed by atoms with E-state index in [0.717, 1.165) is 29.2 Å². The van der Waals surface area contributed by atoms with E-state index in [4.69, 9.17) is 9.15 Å². The van der Waals surface area contributed by atoms with Crippen molar-refractivity contribution in [3.05, 3.63) is 47.2 Å². The molecule has 0 saturated heterocycles. The molecular weight excluding hydrogens is 254 g/mol. The first-order chi connectivity index (χ1) is 9.54. The second kappa shape index (κ2) is 6.37. The van der Waals surface area contributed by atoms with Crippen molar-refractivity contribution in [3.63, 3.8) is 0 Å². The lowest BCUT2D eigenvalue weighted by molar-refractivity contribution is -0.116. The molecular formula is C16H19NO3. The Balaban J connectivity index is 1.88. The molecule has 1 aromatic carbocycles. The summed E-state index contributed by atoms with van der Waals surface area (Å²) in [5.41, 5.74) is 2.03. The number of rotatable bonds is 6. The van der Waals surface area contributed by atoms with E-state index in [1.807, 2.05) is 38.1 Å². The average Bonchev–Trinajstić information content (AvgIpc) is 2.74. The van der Waals surface area contributed by atoms with E-state index in [9.17, 15) is 4.79 Å². The molecule has 0 spiro atoms. The Morgan fingerprint density at radius 3 is 2.50 bits per heavy atom. The van der Waals surface area contributed by atoms with E-state index in [1.165, 1.54) is 0 Å². The zero-order chi connectivity index (χ0) is 14.5. The molecule has 0 unspecified atom stereocenters. The highest BCUT2D eigenvalue weighted by atomic mass is 16.5. The van der Waals surface area contributed by atoms with E-state index in [2.05, 4.69) is 4.98 Å². The van der Waals surface area contributed by atoms with Crippen molar-refractivity contribution < 1.29 is 13.9 Å². The van der Waals surface area contributed by atoms with Crippen molar-refractivity contribution in [2.45, 2.75) is 40.2 Å². The number of Topliss-reactive ketones (excluding diaryl/α,β-unsaturated/α-hetero) is 1. The summed E-state index contributed by atoms with van der Waals surface area (Å²) in [5, 5.41) is 0. The molecule has 0 bridgehead atoms. The first-order valence-corrected chi connectivity index (χ1v) is 6.68. The maximum Gasteiger partial charge on any atom is 0.232 e. The minimum Gasteiger partial charge on any atom is -0.484 e. The van der Waals surface area contributed by atoms with Crippen LogP contribution in [-0.4, -0.2) is 10.8 Å². The molecule has 0 aliphatic rings. The first kappa shape index (κ1) is 14.3. The maximum atomic E-state index is 10.9. The van der Waals surface area contributed by atoms with Crippen molar-refractivity contribution in [3.8, 4) is 5.75 Å². The van der Waals surface area contributed by atoms with Gasteiger partial charge in [0.2, 0.25) is 5.89 Å². The number of hydrogen-bond acceptors (Lipinski definition) is 4. The minimum absolute atomic E-state index is 0.208. The largest absolute Gasteiger partial charge is 0.484 e. The predicted molar refractivity (Wildman–Crippen MR) is 75.8 cm³/mol. The van der Waals surface area contributed by atoms with Crippen molar-refractivity contribution in [2.75, 3.05) is 0 Å². The first-order valence-electron chi connectivity index (χ1n) is 6.68. The summed E-state index contributed by atoms with van der Waals surface area (Å²) in [6.07, 6.45) is 1.35. The number of carbonyl (C=O) groups excluding carboxylic acids is 1. The number of hydrogen-bond donors (Lipinski definition) is 0.